The first-order valence-electron chi connectivity index (χ1n) is 5.90. The van der Waals surface area contributed by atoms with Crippen molar-refractivity contribution in [3.05, 3.63) is 35.9 Å². The molecule has 0 aromatic heterocycles. The fourth-order valence-electron chi connectivity index (χ4n) is 1.63. The molecule has 0 spiro atoms. The molecule has 1 aromatic rings. The van der Waals surface area contributed by atoms with Gasteiger partial charge in [0.25, 0.3) is 0 Å². The predicted octanol–water partition coefficient (Wildman–Crippen LogP) is 2.04. The van der Waals surface area contributed by atoms with E-state index < -0.39 is 6.10 Å². The Morgan fingerprint density at radius 2 is 1.94 bits per heavy atom. The number of hydrogen-bond donors (Lipinski definition) is 1. The molecule has 1 N–H and O–H groups in total. The average Bonchev–Trinajstić information content (AvgIpc) is 2.38. The Kier molecular flexibility index (Phi) is 5.87. The van der Waals surface area contributed by atoms with Crippen molar-refractivity contribution in [1.82, 2.24) is 0 Å². The number of aliphatic hydroxyl groups excluding tert-OH is 1. The van der Waals surface area contributed by atoms with E-state index >= 15 is 0 Å². The van der Waals surface area contributed by atoms with Crippen molar-refractivity contribution in [3.63, 3.8) is 0 Å². The van der Waals surface area contributed by atoms with E-state index in [1.807, 2.05) is 37.3 Å². The molecule has 94 valence electrons. The molecule has 17 heavy (non-hydrogen) atoms. The van der Waals surface area contributed by atoms with E-state index in [9.17, 15) is 9.90 Å². The Hall–Kier alpha value is -1.19. The number of benzene rings is 1. The van der Waals surface area contributed by atoms with Crippen LogP contribution in [0.3, 0.4) is 0 Å². The molecule has 3 nitrogen and oxygen atoms in total. The fourth-order valence-corrected chi connectivity index (χ4v) is 1.63. The number of carbonyl (C=O) groups is 1. The molecule has 0 amide bonds. The summed E-state index contributed by atoms with van der Waals surface area (Å²) in [5.74, 6) is -0.385. The van der Waals surface area contributed by atoms with Gasteiger partial charge in [-0.2, -0.15) is 0 Å². The van der Waals surface area contributed by atoms with Gasteiger partial charge >= 0.3 is 0 Å². The lowest BCUT2D eigenvalue weighted by Gasteiger charge is -2.21. The van der Waals surface area contributed by atoms with E-state index in [0.717, 1.165) is 11.8 Å². The first kappa shape index (κ1) is 13.9. The lowest BCUT2D eigenvalue weighted by molar-refractivity contribution is -0.115. The van der Waals surface area contributed by atoms with E-state index in [2.05, 4.69) is 0 Å². The molecule has 1 rings (SSSR count). The first-order chi connectivity index (χ1) is 8.15. The Morgan fingerprint density at radius 3 is 2.53 bits per heavy atom. The third-order valence-corrected chi connectivity index (χ3v) is 2.83. The number of carbonyl (C=O) groups excluding carboxylic acids is 1. The summed E-state index contributed by atoms with van der Waals surface area (Å²) in [4.78, 5) is 10.5. The van der Waals surface area contributed by atoms with Gasteiger partial charge in [0.1, 0.15) is 6.29 Å². The van der Waals surface area contributed by atoms with Crippen LogP contribution in [0.5, 0.6) is 0 Å². The van der Waals surface area contributed by atoms with E-state index in [1.54, 1.807) is 6.92 Å². The monoisotopic (exact) mass is 236 g/mol. The molecule has 0 saturated heterocycles. The van der Waals surface area contributed by atoms with Crippen LogP contribution in [0.25, 0.3) is 0 Å². The van der Waals surface area contributed by atoms with Crippen LogP contribution in [-0.2, 0) is 16.1 Å². The van der Waals surface area contributed by atoms with E-state index in [0.29, 0.717) is 13.2 Å². The first-order valence-corrected chi connectivity index (χ1v) is 5.90. The largest absolute Gasteiger partial charge is 0.392 e. The molecule has 0 aliphatic rings. The van der Waals surface area contributed by atoms with Crippen molar-refractivity contribution in [2.75, 3.05) is 6.61 Å². The molecule has 0 aliphatic heterocycles. The molecule has 0 aliphatic carbocycles. The van der Waals surface area contributed by atoms with Crippen molar-refractivity contribution >= 4 is 6.29 Å². The molecule has 3 atom stereocenters. The van der Waals surface area contributed by atoms with Gasteiger partial charge in [-0.15, -0.1) is 0 Å². The predicted molar refractivity (Wildman–Crippen MR) is 66.5 cm³/mol. The van der Waals surface area contributed by atoms with Crippen molar-refractivity contribution in [2.45, 2.75) is 26.6 Å². The number of rotatable bonds is 7. The Balaban J connectivity index is 2.29. The maximum Gasteiger partial charge on any atom is 0.125 e. The van der Waals surface area contributed by atoms with Gasteiger partial charge in [-0.25, -0.2) is 0 Å². The summed E-state index contributed by atoms with van der Waals surface area (Å²) in [6.45, 7) is 4.59. The minimum Gasteiger partial charge on any atom is -0.392 e. The summed E-state index contributed by atoms with van der Waals surface area (Å²) >= 11 is 0. The standard InChI is InChI=1S/C14H20O3/c1-11(8-15)14(16)12(2)9-17-10-13-6-4-3-5-7-13/h3-8,11-12,14,16H,9-10H2,1-2H3/t11-,12+,14-/m0/s1. The van der Waals surface area contributed by atoms with Crippen molar-refractivity contribution in [1.29, 1.82) is 0 Å². The minimum atomic E-state index is -0.636. The van der Waals surface area contributed by atoms with Crippen LogP contribution in [0.1, 0.15) is 19.4 Å². The van der Waals surface area contributed by atoms with Gasteiger partial charge in [-0.3, -0.25) is 0 Å². The summed E-state index contributed by atoms with van der Waals surface area (Å²) in [6.07, 6.45) is 0.140. The van der Waals surface area contributed by atoms with Crippen LogP contribution in [0, 0.1) is 11.8 Å². The fraction of sp³-hybridized carbons (Fsp3) is 0.500. The van der Waals surface area contributed by atoms with E-state index in [-0.39, 0.29) is 11.8 Å². The molecule has 3 heteroatoms. The maximum absolute atomic E-state index is 10.5. The molecular weight excluding hydrogens is 216 g/mol. The Bertz CT molecular complexity index is 323. The molecule has 0 fully saturated rings. The minimum absolute atomic E-state index is 0.0427. The van der Waals surface area contributed by atoms with Gasteiger partial charge in [-0.05, 0) is 5.56 Å². The highest BCUT2D eigenvalue weighted by molar-refractivity contribution is 5.53. The highest BCUT2D eigenvalue weighted by Gasteiger charge is 2.20. The highest BCUT2D eigenvalue weighted by atomic mass is 16.5. The third-order valence-electron chi connectivity index (χ3n) is 2.83. The topological polar surface area (TPSA) is 46.5 Å². The SMILES string of the molecule is C[C@H](COCc1ccccc1)[C@@H](O)[C@@H](C)C=O. The molecule has 0 bridgehead atoms. The molecule has 1 aromatic carbocycles. The maximum atomic E-state index is 10.5. The second-order valence-corrected chi connectivity index (χ2v) is 4.46. The Labute approximate surface area is 102 Å². The van der Waals surface area contributed by atoms with Gasteiger partial charge in [-0.1, -0.05) is 44.2 Å². The quantitative estimate of drug-likeness (QED) is 0.737. The Morgan fingerprint density at radius 1 is 1.29 bits per heavy atom. The number of aliphatic hydroxyl groups is 1. The van der Waals surface area contributed by atoms with Crippen LogP contribution >= 0.6 is 0 Å². The summed E-state index contributed by atoms with van der Waals surface area (Å²) in [6, 6.07) is 9.88. The number of aldehydes is 1. The third kappa shape index (κ3) is 4.67. The lowest BCUT2D eigenvalue weighted by Crippen LogP contribution is -2.29. The zero-order valence-electron chi connectivity index (χ0n) is 10.4. The number of ether oxygens (including phenoxy) is 1. The van der Waals surface area contributed by atoms with Crippen LogP contribution < -0.4 is 0 Å². The van der Waals surface area contributed by atoms with Gasteiger partial charge in [0.05, 0.1) is 19.3 Å². The second-order valence-electron chi connectivity index (χ2n) is 4.46. The van der Waals surface area contributed by atoms with Crippen molar-refractivity contribution in [2.24, 2.45) is 11.8 Å². The number of hydrogen-bond acceptors (Lipinski definition) is 3. The molecule has 0 saturated carbocycles. The van der Waals surface area contributed by atoms with Gasteiger partial charge < -0.3 is 14.6 Å². The summed E-state index contributed by atoms with van der Waals surface area (Å²) in [5, 5.41) is 9.77. The summed E-state index contributed by atoms with van der Waals surface area (Å²) in [7, 11) is 0. The summed E-state index contributed by atoms with van der Waals surface area (Å²) in [5.41, 5.74) is 1.11. The second kappa shape index (κ2) is 7.20. The van der Waals surface area contributed by atoms with Crippen LogP contribution in [0.2, 0.25) is 0 Å². The molecule has 0 heterocycles. The normalized spacial score (nSPS) is 16.2. The van der Waals surface area contributed by atoms with Crippen molar-refractivity contribution < 1.29 is 14.6 Å². The summed E-state index contributed by atoms with van der Waals surface area (Å²) < 4.78 is 5.52. The molecular formula is C14H20O3. The molecule has 0 unspecified atom stereocenters. The average molecular weight is 236 g/mol. The van der Waals surface area contributed by atoms with Crippen LogP contribution in [0.15, 0.2) is 30.3 Å². The van der Waals surface area contributed by atoms with E-state index in [1.165, 1.54) is 0 Å². The van der Waals surface area contributed by atoms with Gasteiger partial charge in [0.15, 0.2) is 0 Å². The van der Waals surface area contributed by atoms with Crippen LogP contribution in [0.4, 0.5) is 0 Å². The smallest absolute Gasteiger partial charge is 0.125 e. The van der Waals surface area contributed by atoms with Crippen molar-refractivity contribution in [3.8, 4) is 0 Å². The van der Waals surface area contributed by atoms with Gasteiger partial charge in [0, 0.05) is 11.8 Å². The highest BCUT2D eigenvalue weighted by Crippen LogP contribution is 2.12. The molecule has 0 radical (unpaired) electrons. The zero-order chi connectivity index (χ0) is 12.7. The van der Waals surface area contributed by atoms with Crippen LogP contribution in [-0.4, -0.2) is 24.1 Å². The van der Waals surface area contributed by atoms with Gasteiger partial charge in [0.2, 0.25) is 0 Å². The zero-order valence-corrected chi connectivity index (χ0v) is 10.4. The van der Waals surface area contributed by atoms with E-state index in [4.69, 9.17) is 4.74 Å². The lowest BCUT2D eigenvalue weighted by atomic mass is 9.95.